The maximum absolute atomic E-state index is 12.1. The van der Waals surface area contributed by atoms with Crippen LogP contribution in [-0.4, -0.2) is 29.3 Å². The van der Waals surface area contributed by atoms with Crippen LogP contribution < -0.4 is 16.4 Å². The van der Waals surface area contributed by atoms with Gasteiger partial charge in [-0.3, -0.25) is 15.0 Å². The summed E-state index contributed by atoms with van der Waals surface area (Å²) in [5.74, 6) is -0.216. The number of carbonyl (C=O) groups excluding carboxylic acids is 2. The van der Waals surface area contributed by atoms with Gasteiger partial charge in [-0.2, -0.15) is 0 Å². The van der Waals surface area contributed by atoms with Crippen molar-refractivity contribution in [3.8, 4) is 0 Å². The summed E-state index contributed by atoms with van der Waals surface area (Å²) >= 11 is 0. The number of nitrogens with two attached hydrogens (primary N) is 1. The summed E-state index contributed by atoms with van der Waals surface area (Å²) in [7, 11) is 1.76. The van der Waals surface area contributed by atoms with Crippen LogP contribution in [0.4, 0.5) is 5.69 Å². The number of anilines is 1. The van der Waals surface area contributed by atoms with Crippen LogP contribution in [0, 0.1) is 19.3 Å². The lowest BCUT2D eigenvalue weighted by Gasteiger charge is -2.07. The van der Waals surface area contributed by atoms with E-state index in [-0.39, 0.29) is 24.1 Å². The van der Waals surface area contributed by atoms with Gasteiger partial charge in [0.25, 0.3) is 5.91 Å². The molecule has 1 aromatic heterocycles. The van der Waals surface area contributed by atoms with Crippen molar-refractivity contribution in [1.82, 2.24) is 9.88 Å². The third-order valence-electron chi connectivity index (χ3n) is 3.03. The van der Waals surface area contributed by atoms with Gasteiger partial charge in [0.1, 0.15) is 5.69 Å². The normalized spacial score (nSPS) is 9.55. The highest BCUT2D eigenvalue weighted by Gasteiger charge is 2.20. The highest BCUT2D eigenvalue weighted by atomic mass is 35.5. The molecular formula is C12H20ClN5O2. The van der Waals surface area contributed by atoms with E-state index in [4.69, 9.17) is 11.1 Å². The molecule has 0 radical (unpaired) electrons. The summed E-state index contributed by atoms with van der Waals surface area (Å²) in [6.45, 7) is 3.91. The van der Waals surface area contributed by atoms with Crippen LogP contribution in [0.25, 0.3) is 0 Å². The summed E-state index contributed by atoms with van der Waals surface area (Å²) in [6.07, 6.45) is 0.903. The summed E-state index contributed by atoms with van der Waals surface area (Å²) in [5.41, 5.74) is 7.88. The summed E-state index contributed by atoms with van der Waals surface area (Å²) in [4.78, 5) is 22.6. The molecule has 0 bridgehead atoms. The lowest BCUT2D eigenvalue weighted by molar-refractivity contribution is -0.105. The van der Waals surface area contributed by atoms with E-state index in [1.807, 2.05) is 6.92 Å². The molecule has 0 spiro atoms. The fourth-order valence-corrected chi connectivity index (χ4v) is 1.97. The van der Waals surface area contributed by atoms with Crippen molar-refractivity contribution in [2.45, 2.75) is 20.3 Å². The fraction of sp³-hybridized carbons (Fsp3) is 0.417. The topological polar surface area (TPSA) is 113 Å². The second-order valence-corrected chi connectivity index (χ2v) is 4.29. The molecule has 112 valence electrons. The molecule has 0 aliphatic heterocycles. The molecule has 5 N–H and O–H groups in total. The number of aromatic nitrogens is 1. The Morgan fingerprint density at radius 1 is 1.45 bits per heavy atom. The smallest absolute Gasteiger partial charge is 0.268 e. The van der Waals surface area contributed by atoms with Gasteiger partial charge in [0.15, 0.2) is 0 Å². The van der Waals surface area contributed by atoms with Crippen molar-refractivity contribution in [3.63, 3.8) is 0 Å². The molecule has 0 unspecified atom stereocenters. The molecule has 0 fully saturated rings. The number of amidine groups is 1. The third-order valence-corrected chi connectivity index (χ3v) is 3.03. The number of nitrogens with one attached hydrogen (secondary N) is 3. The van der Waals surface area contributed by atoms with Gasteiger partial charge in [0, 0.05) is 31.3 Å². The van der Waals surface area contributed by atoms with Crippen molar-refractivity contribution in [1.29, 1.82) is 5.41 Å². The minimum absolute atomic E-state index is 0. The van der Waals surface area contributed by atoms with E-state index in [9.17, 15) is 9.59 Å². The Hall–Kier alpha value is -2.02. The molecular weight excluding hydrogens is 282 g/mol. The number of hydrogen-bond acceptors (Lipinski definition) is 3. The second kappa shape index (κ2) is 7.54. The molecule has 7 nitrogen and oxygen atoms in total. The summed E-state index contributed by atoms with van der Waals surface area (Å²) < 4.78 is 1.73. The van der Waals surface area contributed by atoms with Crippen LogP contribution in [0.3, 0.4) is 0 Å². The van der Waals surface area contributed by atoms with Crippen molar-refractivity contribution in [3.05, 3.63) is 17.0 Å². The molecule has 2 amide bonds. The Morgan fingerprint density at radius 2 is 2.05 bits per heavy atom. The van der Waals surface area contributed by atoms with E-state index in [2.05, 4.69) is 10.6 Å². The molecule has 0 atom stereocenters. The van der Waals surface area contributed by atoms with Crippen LogP contribution in [0.15, 0.2) is 0 Å². The molecule has 0 saturated carbocycles. The first kappa shape index (κ1) is 18.0. The third kappa shape index (κ3) is 3.74. The van der Waals surface area contributed by atoms with Gasteiger partial charge in [-0.25, -0.2) is 0 Å². The fourth-order valence-electron chi connectivity index (χ4n) is 1.97. The van der Waals surface area contributed by atoms with Crippen LogP contribution >= 0.6 is 12.4 Å². The van der Waals surface area contributed by atoms with E-state index < -0.39 is 0 Å². The Bertz CT molecular complexity index is 524. The maximum atomic E-state index is 12.1. The zero-order valence-corrected chi connectivity index (χ0v) is 12.6. The van der Waals surface area contributed by atoms with Crippen LogP contribution in [0.5, 0.6) is 0 Å². The van der Waals surface area contributed by atoms with E-state index in [1.54, 1.807) is 18.5 Å². The highest BCUT2D eigenvalue weighted by Crippen LogP contribution is 2.25. The zero-order chi connectivity index (χ0) is 14.6. The number of halogens is 1. The number of hydrogen-bond donors (Lipinski definition) is 4. The first-order valence-electron chi connectivity index (χ1n) is 5.87. The van der Waals surface area contributed by atoms with Gasteiger partial charge >= 0.3 is 0 Å². The molecule has 0 saturated heterocycles. The zero-order valence-electron chi connectivity index (χ0n) is 11.7. The van der Waals surface area contributed by atoms with Crippen molar-refractivity contribution < 1.29 is 9.59 Å². The first-order valence-corrected chi connectivity index (χ1v) is 5.87. The number of rotatable bonds is 6. The SMILES string of the molecule is Cc1c(NC=O)c(C)n(C)c1C(=O)NCCC(=N)N.Cl. The largest absolute Gasteiger partial charge is 0.388 e. The molecule has 1 aromatic rings. The van der Waals surface area contributed by atoms with E-state index in [0.29, 0.717) is 36.3 Å². The van der Waals surface area contributed by atoms with Gasteiger partial charge in [0.2, 0.25) is 6.41 Å². The van der Waals surface area contributed by atoms with Gasteiger partial charge < -0.3 is 20.9 Å². The van der Waals surface area contributed by atoms with Crippen molar-refractivity contribution in [2.24, 2.45) is 12.8 Å². The Morgan fingerprint density at radius 3 is 2.55 bits per heavy atom. The molecule has 0 aromatic carbocycles. The standard InChI is InChI=1S/C12H19N5O2.ClH/c1-7-10(16-6-18)8(2)17(3)11(7)12(19)15-5-4-9(13)14;/h6H,4-5H2,1-3H3,(H3,13,14)(H,15,19)(H,16,18);1H. The van der Waals surface area contributed by atoms with Crippen LogP contribution in [-0.2, 0) is 11.8 Å². The minimum atomic E-state index is -0.247. The Kier molecular flexibility index (Phi) is 6.78. The predicted molar refractivity (Wildman–Crippen MR) is 80.7 cm³/mol. The van der Waals surface area contributed by atoms with Crippen molar-refractivity contribution in [2.75, 3.05) is 11.9 Å². The van der Waals surface area contributed by atoms with Gasteiger partial charge in [0.05, 0.1) is 11.5 Å². The quantitative estimate of drug-likeness (QED) is 0.352. The molecule has 1 heterocycles. The van der Waals surface area contributed by atoms with E-state index >= 15 is 0 Å². The summed E-state index contributed by atoms with van der Waals surface area (Å²) in [5, 5.41) is 12.4. The second-order valence-electron chi connectivity index (χ2n) is 4.29. The molecule has 8 heteroatoms. The number of amides is 2. The molecule has 20 heavy (non-hydrogen) atoms. The Labute approximate surface area is 123 Å². The minimum Gasteiger partial charge on any atom is -0.388 e. The van der Waals surface area contributed by atoms with Crippen LogP contribution in [0.2, 0.25) is 0 Å². The Balaban J connectivity index is 0.00000361. The molecule has 1 rings (SSSR count). The van der Waals surface area contributed by atoms with Crippen LogP contribution in [0.1, 0.15) is 28.2 Å². The molecule has 0 aliphatic carbocycles. The monoisotopic (exact) mass is 301 g/mol. The lowest BCUT2D eigenvalue weighted by Crippen LogP contribution is -2.29. The average Bonchev–Trinajstić information content (AvgIpc) is 2.53. The summed E-state index contributed by atoms with van der Waals surface area (Å²) in [6, 6.07) is 0. The number of nitrogens with zero attached hydrogens (tertiary/aromatic N) is 1. The van der Waals surface area contributed by atoms with Crippen molar-refractivity contribution >= 4 is 36.2 Å². The van der Waals surface area contributed by atoms with E-state index in [1.165, 1.54) is 0 Å². The average molecular weight is 302 g/mol. The van der Waals surface area contributed by atoms with Gasteiger partial charge in [-0.05, 0) is 13.8 Å². The van der Waals surface area contributed by atoms with E-state index in [0.717, 1.165) is 5.69 Å². The maximum Gasteiger partial charge on any atom is 0.268 e. The lowest BCUT2D eigenvalue weighted by atomic mass is 10.2. The number of carbonyl (C=O) groups is 2. The predicted octanol–water partition coefficient (Wildman–Crippen LogP) is 0.688. The van der Waals surface area contributed by atoms with Gasteiger partial charge in [-0.1, -0.05) is 0 Å². The molecule has 0 aliphatic rings. The van der Waals surface area contributed by atoms with Gasteiger partial charge in [-0.15, -0.1) is 12.4 Å². The highest BCUT2D eigenvalue weighted by molar-refractivity contribution is 5.97. The first-order chi connectivity index (χ1) is 8.90.